The molecule has 0 saturated heterocycles. The van der Waals surface area contributed by atoms with Crippen LogP contribution in [0.4, 0.5) is 0 Å². The molecule has 2 rings (SSSR count). The zero-order valence-electron chi connectivity index (χ0n) is 7.43. The van der Waals surface area contributed by atoms with E-state index in [9.17, 15) is 4.79 Å². The third-order valence-electron chi connectivity index (χ3n) is 1.80. The van der Waals surface area contributed by atoms with Crippen molar-refractivity contribution in [3.63, 3.8) is 0 Å². The lowest BCUT2D eigenvalue weighted by Gasteiger charge is -2.00. The lowest BCUT2D eigenvalue weighted by Crippen LogP contribution is -2.01. The number of carbonyl (C=O) groups is 1. The van der Waals surface area contributed by atoms with Crippen LogP contribution in [-0.2, 0) is 0 Å². The molecular formula is C9H7N3O2. The molecule has 14 heavy (non-hydrogen) atoms. The predicted octanol–water partition coefficient (Wildman–Crippen LogP) is 1.03. The molecule has 2 aromatic heterocycles. The fourth-order valence-corrected chi connectivity index (χ4v) is 1.18. The topological polar surface area (TPSA) is 76.0 Å². The number of hydrogen-bond acceptors (Lipinski definition) is 4. The number of pyridine rings is 1. The molecule has 5 nitrogen and oxygen atoms in total. The minimum Gasteiger partial charge on any atom is -0.478 e. The van der Waals surface area contributed by atoms with Gasteiger partial charge in [0.05, 0.1) is 17.5 Å². The summed E-state index contributed by atoms with van der Waals surface area (Å²) >= 11 is 0. The molecule has 0 aliphatic carbocycles. The van der Waals surface area contributed by atoms with Crippen LogP contribution in [0.25, 0.3) is 11.2 Å². The van der Waals surface area contributed by atoms with Gasteiger partial charge in [-0.05, 0) is 13.0 Å². The van der Waals surface area contributed by atoms with E-state index in [1.165, 1.54) is 12.3 Å². The largest absolute Gasteiger partial charge is 0.478 e. The van der Waals surface area contributed by atoms with Gasteiger partial charge in [-0.1, -0.05) is 0 Å². The average Bonchev–Trinajstić information content (AvgIpc) is 2.16. The van der Waals surface area contributed by atoms with E-state index >= 15 is 0 Å². The van der Waals surface area contributed by atoms with Gasteiger partial charge >= 0.3 is 5.97 Å². The monoisotopic (exact) mass is 189 g/mol. The van der Waals surface area contributed by atoms with Gasteiger partial charge in [0, 0.05) is 6.20 Å². The van der Waals surface area contributed by atoms with E-state index in [0.29, 0.717) is 16.9 Å². The number of nitrogens with zero attached hydrogens (tertiary/aromatic N) is 3. The third kappa shape index (κ3) is 1.28. The van der Waals surface area contributed by atoms with E-state index in [4.69, 9.17) is 5.11 Å². The van der Waals surface area contributed by atoms with Gasteiger partial charge in [0.1, 0.15) is 5.52 Å². The summed E-state index contributed by atoms with van der Waals surface area (Å²) in [6.07, 6.45) is 2.97. The lowest BCUT2D eigenvalue weighted by atomic mass is 10.2. The van der Waals surface area contributed by atoms with Crippen molar-refractivity contribution in [3.05, 3.63) is 29.7 Å². The first-order valence-corrected chi connectivity index (χ1v) is 4.00. The van der Waals surface area contributed by atoms with Crippen LogP contribution in [0.2, 0.25) is 0 Å². The highest BCUT2D eigenvalue weighted by atomic mass is 16.4. The number of aromatic nitrogens is 3. The summed E-state index contributed by atoms with van der Waals surface area (Å²) < 4.78 is 0. The van der Waals surface area contributed by atoms with Gasteiger partial charge < -0.3 is 5.11 Å². The third-order valence-corrected chi connectivity index (χ3v) is 1.80. The van der Waals surface area contributed by atoms with E-state index in [0.717, 1.165) is 0 Å². The van der Waals surface area contributed by atoms with Crippen LogP contribution < -0.4 is 0 Å². The Morgan fingerprint density at radius 1 is 1.43 bits per heavy atom. The van der Waals surface area contributed by atoms with Crippen molar-refractivity contribution in [2.45, 2.75) is 6.92 Å². The molecule has 0 bridgehead atoms. The maximum absolute atomic E-state index is 10.8. The first-order chi connectivity index (χ1) is 6.68. The molecule has 0 aromatic carbocycles. The van der Waals surface area contributed by atoms with Crippen LogP contribution in [0, 0.1) is 6.92 Å². The van der Waals surface area contributed by atoms with E-state index in [1.54, 1.807) is 13.1 Å². The van der Waals surface area contributed by atoms with E-state index in [-0.39, 0.29) is 5.56 Å². The molecular weight excluding hydrogens is 182 g/mol. The Hall–Kier alpha value is -2.04. The van der Waals surface area contributed by atoms with Crippen molar-refractivity contribution in [1.29, 1.82) is 0 Å². The standard InChI is InChI=1S/C9H7N3O2/c1-5-4-11-8-7(12-5)6(9(13)14)2-3-10-8/h2-4H,1H3,(H,13,14). The van der Waals surface area contributed by atoms with Gasteiger partial charge in [0.2, 0.25) is 0 Å². The van der Waals surface area contributed by atoms with Crippen molar-refractivity contribution in [2.75, 3.05) is 0 Å². The number of rotatable bonds is 1. The highest BCUT2D eigenvalue weighted by Crippen LogP contribution is 2.12. The molecule has 70 valence electrons. The molecule has 0 amide bonds. The van der Waals surface area contributed by atoms with E-state index < -0.39 is 5.97 Å². The van der Waals surface area contributed by atoms with Crippen LogP contribution in [0.15, 0.2) is 18.5 Å². The minimum atomic E-state index is -1.02. The molecule has 1 N–H and O–H groups in total. The zero-order chi connectivity index (χ0) is 10.1. The summed E-state index contributed by atoms with van der Waals surface area (Å²) in [6, 6.07) is 1.42. The van der Waals surface area contributed by atoms with Crippen LogP contribution in [-0.4, -0.2) is 26.0 Å². The Morgan fingerprint density at radius 3 is 2.93 bits per heavy atom. The molecule has 0 radical (unpaired) electrons. The van der Waals surface area contributed by atoms with Crippen LogP contribution in [0.5, 0.6) is 0 Å². The number of carboxylic acids is 1. The molecule has 5 heteroatoms. The molecule has 0 saturated carbocycles. The highest BCUT2D eigenvalue weighted by molar-refractivity contribution is 5.99. The van der Waals surface area contributed by atoms with Crippen molar-refractivity contribution < 1.29 is 9.90 Å². The van der Waals surface area contributed by atoms with Crippen molar-refractivity contribution in [2.24, 2.45) is 0 Å². The summed E-state index contributed by atoms with van der Waals surface area (Å²) in [4.78, 5) is 22.8. The summed E-state index contributed by atoms with van der Waals surface area (Å²) in [6.45, 7) is 1.76. The maximum Gasteiger partial charge on any atom is 0.338 e. The van der Waals surface area contributed by atoms with Gasteiger partial charge in [-0.2, -0.15) is 0 Å². The second-order valence-electron chi connectivity index (χ2n) is 2.85. The smallest absolute Gasteiger partial charge is 0.338 e. The Balaban J connectivity index is 2.84. The quantitative estimate of drug-likeness (QED) is 0.725. The number of hydrogen-bond donors (Lipinski definition) is 1. The molecule has 2 heterocycles. The normalized spacial score (nSPS) is 10.4. The van der Waals surface area contributed by atoms with Gasteiger partial charge in [-0.15, -0.1) is 0 Å². The van der Waals surface area contributed by atoms with Gasteiger partial charge in [-0.25, -0.2) is 19.7 Å². The Bertz CT molecular complexity index is 510. The van der Waals surface area contributed by atoms with Crippen molar-refractivity contribution >= 4 is 17.1 Å². The van der Waals surface area contributed by atoms with Gasteiger partial charge in [0.15, 0.2) is 5.65 Å². The summed E-state index contributed by atoms with van der Waals surface area (Å²) in [5.74, 6) is -1.02. The Labute approximate surface area is 79.5 Å². The Morgan fingerprint density at radius 2 is 2.21 bits per heavy atom. The van der Waals surface area contributed by atoms with Gasteiger partial charge in [-0.3, -0.25) is 0 Å². The first kappa shape index (κ1) is 8.55. The van der Waals surface area contributed by atoms with E-state index in [2.05, 4.69) is 15.0 Å². The van der Waals surface area contributed by atoms with Crippen molar-refractivity contribution in [1.82, 2.24) is 15.0 Å². The lowest BCUT2D eigenvalue weighted by molar-refractivity contribution is 0.0698. The molecule has 2 aromatic rings. The first-order valence-electron chi connectivity index (χ1n) is 4.00. The van der Waals surface area contributed by atoms with Crippen molar-refractivity contribution in [3.8, 4) is 0 Å². The average molecular weight is 189 g/mol. The number of aromatic carboxylic acids is 1. The SMILES string of the molecule is Cc1cnc2nccc(C(=O)O)c2n1. The van der Waals surface area contributed by atoms with Crippen LogP contribution in [0.3, 0.4) is 0 Å². The summed E-state index contributed by atoms with van der Waals surface area (Å²) in [5.41, 5.74) is 1.50. The fourth-order valence-electron chi connectivity index (χ4n) is 1.18. The maximum atomic E-state index is 10.8. The summed E-state index contributed by atoms with van der Waals surface area (Å²) in [5, 5.41) is 8.88. The Kier molecular flexibility index (Phi) is 1.85. The molecule has 0 unspecified atom stereocenters. The predicted molar refractivity (Wildman–Crippen MR) is 49.0 cm³/mol. The van der Waals surface area contributed by atoms with E-state index in [1.807, 2.05) is 0 Å². The number of carboxylic acid groups (broad SMARTS) is 1. The zero-order valence-corrected chi connectivity index (χ0v) is 7.43. The molecule has 0 aliphatic heterocycles. The molecule has 0 atom stereocenters. The molecule has 0 spiro atoms. The van der Waals surface area contributed by atoms with Gasteiger partial charge in [0.25, 0.3) is 0 Å². The molecule has 0 fully saturated rings. The van der Waals surface area contributed by atoms with Crippen LogP contribution in [0.1, 0.15) is 16.1 Å². The molecule has 0 aliphatic rings. The van der Waals surface area contributed by atoms with Crippen LogP contribution >= 0.6 is 0 Å². The number of fused-ring (bicyclic) bond motifs is 1. The fraction of sp³-hybridized carbons (Fsp3) is 0.111. The number of aryl methyl sites for hydroxylation is 1. The summed E-state index contributed by atoms with van der Waals surface area (Å²) in [7, 11) is 0. The second kappa shape index (κ2) is 3.02. The highest BCUT2D eigenvalue weighted by Gasteiger charge is 2.10. The minimum absolute atomic E-state index is 0.131. The second-order valence-corrected chi connectivity index (χ2v) is 2.85.